The van der Waals surface area contributed by atoms with E-state index in [1.54, 1.807) is 29.7 Å². The number of hydrogen-bond acceptors (Lipinski definition) is 3. The minimum absolute atomic E-state index is 0.0122. The Hall–Kier alpha value is -1.29. The maximum absolute atomic E-state index is 12.0. The summed E-state index contributed by atoms with van der Waals surface area (Å²) in [4.78, 5) is 18.2. The monoisotopic (exact) mass is 278 g/mol. The molecule has 0 unspecified atom stereocenters. The van der Waals surface area contributed by atoms with Crippen molar-refractivity contribution >= 4 is 22.8 Å². The fraction of sp³-hybridized carbons (Fsp3) is 0.467. The van der Waals surface area contributed by atoms with Crippen molar-refractivity contribution in [2.45, 2.75) is 34.1 Å². The van der Waals surface area contributed by atoms with Gasteiger partial charge in [0.1, 0.15) is 0 Å². The van der Waals surface area contributed by atoms with E-state index in [2.05, 4.69) is 11.6 Å². The number of carbonyl (C=O) groups is 1. The van der Waals surface area contributed by atoms with E-state index >= 15 is 0 Å². The number of nitrogens with zero attached hydrogens (tertiary/aromatic N) is 2. The number of thioether (sulfide) groups is 1. The van der Waals surface area contributed by atoms with Crippen LogP contribution in [0.15, 0.2) is 40.6 Å². The Balaban J connectivity index is 3.28. The van der Waals surface area contributed by atoms with E-state index in [9.17, 15) is 4.79 Å². The third-order valence-corrected chi connectivity index (χ3v) is 3.73. The van der Waals surface area contributed by atoms with Gasteiger partial charge in [0.2, 0.25) is 5.91 Å². The lowest BCUT2D eigenvalue weighted by Gasteiger charge is -2.26. The van der Waals surface area contributed by atoms with Crippen LogP contribution in [0.1, 0.15) is 34.1 Å². The Bertz CT molecular complexity index is 457. The molecule has 1 aliphatic heterocycles. The average Bonchev–Trinajstić information content (AvgIpc) is 2.37. The highest BCUT2D eigenvalue weighted by Crippen LogP contribution is 2.23. The number of allylic oxidation sites excluding steroid dienone is 4. The zero-order valence-corrected chi connectivity index (χ0v) is 13.0. The topological polar surface area (TPSA) is 32.7 Å². The molecule has 0 N–H and O–H groups in total. The summed E-state index contributed by atoms with van der Waals surface area (Å²) in [5, 5.41) is 0.799. The Morgan fingerprint density at radius 2 is 2.05 bits per heavy atom. The lowest BCUT2D eigenvalue weighted by atomic mass is 10.1. The van der Waals surface area contributed by atoms with Crippen molar-refractivity contribution in [2.24, 2.45) is 4.99 Å². The molecule has 0 atom stereocenters. The van der Waals surface area contributed by atoms with Crippen LogP contribution in [0.5, 0.6) is 0 Å². The minimum Gasteiger partial charge on any atom is -0.274 e. The molecule has 1 aliphatic rings. The molecule has 1 rings (SSSR count). The first-order chi connectivity index (χ1) is 8.97. The van der Waals surface area contributed by atoms with Gasteiger partial charge in [-0.3, -0.25) is 14.7 Å². The summed E-state index contributed by atoms with van der Waals surface area (Å²) in [5.41, 5.74) is 2.99. The van der Waals surface area contributed by atoms with E-state index in [0.717, 1.165) is 40.7 Å². The van der Waals surface area contributed by atoms with Crippen LogP contribution in [0, 0.1) is 0 Å². The van der Waals surface area contributed by atoms with E-state index in [1.807, 2.05) is 26.8 Å². The predicted molar refractivity (Wildman–Crippen MR) is 84.2 cm³/mol. The van der Waals surface area contributed by atoms with Gasteiger partial charge < -0.3 is 0 Å². The van der Waals surface area contributed by atoms with E-state index in [1.165, 1.54) is 0 Å². The quantitative estimate of drug-likeness (QED) is 0.736. The number of carbonyl (C=O) groups excluding carboxylic acids is 1. The normalized spacial score (nSPS) is 16.1. The molecule has 0 aliphatic carbocycles. The van der Waals surface area contributed by atoms with Gasteiger partial charge in [0.15, 0.2) is 5.17 Å². The highest BCUT2D eigenvalue weighted by Gasteiger charge is 2.22. The summed E-state index contributed by atoms with van der Waals surface area (Å²) in [6.07, 6.45) is 4.86. The molecule has 0 fully saturated rings. The lowest BCUT2D eigenvalue weighted by Crippen LogP contribution is -2.34. The first-order valence-electron chi connectivity index (χ1n) is 6.43. The molecular formula is C15H22N2OS. The summed E-state index contributed by atoms with van der Waals surface area (Å²) >= 11 is 1.64. The van der Waals surface area contributed by atoms with Crippen molar-refractivity contribution in [2.75, 3.05) is 12.3 Å². The molecule has 19 heavy (non-hydrogen) atoms. The SMILES string of the molecule is C=CC(C)=C(C=C(C)C)N(C(C)=O)C1=NCCCS1. The van der Waals surface area contributed by atoms with Gasteiger partial charge in [-0.05, 0) is 38.8 Å². The van der Waals surface area contributed by atoms with E-state index < -0.39 is 0 Å². The fourth-order valence-electron chi connectivity index (χ4n) is 1.72. The van der Waals surface area contributed by atoms with Crippen molar-refractivity contribution in [3.63, 3.8) is 0 Å². The Kier molecular flexibility index (Phi) is 6.09. The molecule has 0 spiro atoms. The first-order valence-corrected chi connectivity index (χ1v) is 7.42. The first kappa shape index (κ1) is 15.8. The standard InChI is InChI=1S/C15H22N2OS/c1-6-12(4)14(10-11(2)3)17(13(5)18)15-16-8-7-9-19-15/h6,10H,1,7-9H2,2-5H3. The largest absolute Gasteiger partial charge is 0.274 e. The molecule has 0 bridgehead atoms. The van der Waals surface area contributed by atoms with E-state index in [-0.39, 0.29) is 5.91 Å². The molecule has 0 aromatic heterocycles. The summed E-state index contributed by atoms with van der Waals surface area (Å²) in [6, 6.07) is 0. The van der Waals surface area contributed by atoms with Crippen molar-refractivity contribution in [3.05, 3.63) is 35.6 Å². The molecule has 0 aromatic carbocycles. The number of amidine groups is 1. The zero-order chi connectivity index (χ0) is 14.4. The lowest BCUT2D eigenvalue weighted by molar-refractivity contribution is -0.123. The summed E-state index contributed by atoms with van der Waals surface area (Å²) in [6.45, 7) is 12.2. The van der Waals surface area contributed by atoms with Crippen molar-refractivity contribution in [3.8, 4) is 0 Å². The van der Waals surface area contributed by atoms with Gasteiger partial charge in [-0.25, -0.2) is 0 Å². The van der Waals surface area contributed by atoms with E-state index in [4.69, 9.17) is 0 Å². The van der Waals surface area contributed by atoms with Crippen molar-refractivity contribution < 1.29 is 4.79 Å². The zero-order valence-electron chi connectivity index (χ0n) is 12.2. The van der Waals surface area contributed by atoms with Crippen LogP contribution in [0.4, 0.5) is 0 Å². The molecule has 0 saturated carbocycles. The van der Waals surface area contributed by atoms with Gasteiger partial charge in [-0.15, -0.1) is 0 Å². The van der Waals surface area contributed by atoms with Crippen LogP contribution < -0.4 is 0 Å². The molecule has 0 aromatic rings. The van der Waals surface area contributed by atoms with Gasteiger partial charge >= 0.3 is 0 Å². The second kappa shape index (κ2) is 7.34. The fourth-order valence-corrected chi connectivity index (χ4v) is 2.72. The Labute approximate surface area is 120 Å². The van der Waals surface area contributed by atoms with E-state index in [0.29, 0.717) is 0 Å². The maximum atomic E-state index is 12.0. The number of rotatable bonds is 3. The summed E-state index contributed by atoms with van der Waals surface area (Å²) in [7, 11) is 0. The second-order valence-corrected chi connectivity index (χ2v) is 5.78. The van der Waals surface area contributed by atoms with Crippen molar-refractivity contribution in [1.29, 1.82) is 0 Å². The van der Waals surface area contributed by atoms with Gasteiger partial charge in [0.25, 0.3) is 0 Å². The number of hydrogen-bond donors (Lipinski definition) is 0. The molecule has 1 heterocycles. The third-order valence-electron chi connectivity index (χ3n) is 2.66. The van der Waals surface area contributed by atoms with Gasteiger partial charge in [-0.1, -0.05) is 30.0 Å². The smallest absolute Gasteiger partial charge is 0.230 e. The number of amides is 1. The van der Waals surface area contributed by atoms with Crippen molar-refractivity contribution in [1.82, 2.24) is 4.90 Å². The van der Waals surface area contributed by atoms with Crippen LogP contribution in [0.3, 0.4) is 0 Å². The second-order valence-electron chi connectivity index (χ2n) is 4.71. The van der Waals surface area contributed by atoms with Crippen LogP contribution in [0.25, 0.3) is 0 Å². The highest BCUT2D eigenvalue weighted by molar-refractivity contribution is 8.13. The van der Waals surface area contributed by atoms with Gasteiger partial charge in [0, 0.05) is 19.2 Å². The molecule has 0 saturated heterocycles. The van der Waals surface area contributed by atoms with Crippen LogP contribution in [-0.2, 0) is 4.79 Å². The molecular weight excluding hydrogens is 256 g/mol. The van der Waals surface area contributed by atoms with Gasteiger partial charge in [-0.2, -0.15) is 0 Å². The van der Waals surface area contributed by atoms with Crippen LogP contribution in [-0.4, -0.2) is 28.3 Å². The molecule has 3 nitrogen and oxygen atoms in total. The Morgan fingerprint density at radius 3 is 2.47 bits per heavy atom. The summed E-state index contributed by atoms with van der Waals surface area (Å²) < 4.78 is 0. The summed E-state index contributed by atoms with van der Waals surface area (Å²) in [5.74, 6) is 1.000. The molecule has 1 amide bonds. The number of aliphatic imine (C=N–C) groups is 1. The molecule has 104 valence electrons. The average molecular weight is 278 g/mol. The Morgan fingerprint density at radius 1 is 1.37 bits per heavy atom. The van der Waals surface area contributed by atoms with Crippen LogP contribution in [0.2, 0.25) is 0 Å². The third kappa shape index (κ3) is 4.39. The maximum Gasteiger partial charge on any atom is 0.230 e. The van der Waals surface area contributed by atoms with Gasteiger partial charge in [0.05, 0.1) is 5.70 Å². The molecule has 4 heteroatoms. The van der Waals surface area contributed by atoms with Crippen LogP contribution >= 0.6 is 11.8 Å². The highest BCUT2D eigenvalue weighted by atomic mass is 32.2. The predicted octanol–water partition coefficient (Wildman–Crippen LogP) is 3.75. The molecule has 0 radical (unpaired) electrons. The minimum atomic E-state index is -0.0122.